The normalized spacial score (nSPS) is 13.7. The van der Waals surface area contributed by atoms with Crippen LogP contribution in [-0.4, -0.2) is 44.2 Å². The molecular formula is C17H26N2O2. The highest BCUT2D eigenvalue weighted by Gasteiger charge is 2.18. The molecule has 1 N–H and O–H groups in total. The van der Waals surface area contributed by atoms with Crippen LogP contribution in [0.25, 0.3) is 0 Å². The van der Waals surface area contributed by atoms with Crippen molar-refractivity contribution in [3.8, 4) is 0 Å². The van der Waals surface area contributed by atoms with Gasteiger partial charge in [-0.2, -0.15) is 0 Å². The molecule has 116 valence electrons. The standard InChI is InChI=1S/C17H26N2O2/c1-13(2)12-19(9-10-21-3)17(20)15-6-7-16-14(11-15)5-4-8-18-16/h6-7,11,13,18H,4-5,8-10,12H2,1-3H3. The number of carbonyl (C=O) groups excluding carboxylic acids is 1. The summed E-state index contributed by atoms with van der Waals surface area (Å²) < 4.78 is 5.13. The van der Waals surface area contributed by atoms with Crippen LogP contribution in [-0.2, 0) is 11.2 Å². The van der Waals surface area contributed by atoms with E-state index in [1.807, 2.05) is 23.1 Å². The Labute approximate surface area is 127 Å². The summed E-state index contributed by atoms with van der Waals surface area (Å²) in [5.74, 6) is 0.555. The number of nitrogens with one attached hydrogen (secondary N) is 1. The Hall–Kier alpha value is -1.55. The first kappa shape index (κ1) is 15.8. The fourth-order valence-electron chi connectivity index (χ4n) is 2.71. The summed E-state index contributed by atoms with van der Waals surface area (Å²) in [5, 5.41) is 3.38. The van der Waals surface area contributed by atoms with Crippen LogP contribution in [0.2, 0.25) is 0 Å². The summed E-state index contributed by atoms with van der Waals surface area (Å²) in [6.45, 7) is 7.26. The molecule has 1 amide bonds. The molecule has 4 nitrogen and oxygen atoms in total. The third-order valence-electron chi connectivity index (χ3n) is 3.73. The van der Waals surface area contributed by atoms with E-state index < -0.39 is 0 Å². The van der Waals surface area contributed by atoms with Crippen molar-refractivity contribution < 1.29 is 9.53 Å². The van der Waals surface area contributed by atoms with Gasteiger partial charge in [0.2, 0.25) is 0 Å². The maximum Gasteiger partial charge on any atom is 0.253 e. The summed E-state index contributed by atoms with van der Waals surface area (Å²) in [5.41, 5.74) is 3.21. The molecule has 0 saturated carbocycles. The molecule has 1 aliphatic heterocycles. The number of nitrogens with zero attached hydrogens (tertiary/aromatic N) is 1. The summed E-state index contributed by atoms with van der Waals surface area (Å²) in [7, 11) is 1.67. The van der Waals surface area contributed by atoms with Crippen LogP contribution in [0.15, 0.2) is 18.2 Å². The van der Waals surface area contributed by atoms with Gasteiger partial charge in [-0.15, -0.1) is 0 Å². The van der Waals surface area contributed by atoms with E-state index in [4.69, 9.17) is 4.74 Å². The number of hydrogen-bond acceptors (Lipinski definition) is 3. The van der Waals surface area contributed by atoms with E-state index in [2.05, 4.69) is 19.2 Å². The molecule has 0 aliphatic carbocycles. The third kappa shape index (κ3) is 4.21. The highest BCUT2D eigenvalue weighted by atomic mass is 16.5. The second-order valence-corrected chi connectivity index (χ2v) is 6.04. The lowest BCUT2D eigenvalue weighted by Crippen LogP contribution is -2.36. The maximum atomic E-state index is 12.7. The minimum atomic E-state index is 0.106. The molecule has 1 aromatic carbocycles. The zero-order chi connectivity index (χ0) is 15.2. The predicted molar refractivity (Wildman–Crippen MR) is 85.9 cm³/mol. The van der Waals surface area contributed by atoms with E-state index >= 15 is 0 Å². The van der Waals surface area contributed by atoms with Gasteiger partial charge < -0.3 is 15.0 Å². The molecule has 1 aliphatic rings. The summed E-state index contributed by atoms with van der Waals surface area (Å²) >= 11 is 0. The van der Waals surface area contributed by atoms with E-state index in [9.17, 15) is 4.79 Å². The van der Waals surface area contributed by atoms with Crippen molar-refractivity contribution in [2.75, 3.05) is 38.7 Å². The fourth-order valence-corrected chi connectivity index (χ4v) is 2.71. The van der Waals surface area contributed by atoms with Gasteiger partial charge in [-0.05, 0) is 42.5 Å². The van der Waals surface area contributed by atoms with Crippen LogP contribution in [0.1, 0.15) is 36.2 Å². The second-order valence-electron chi connectivity index (χ2n) is 6.04. The highest BCUT2D eigenvalue weighted by molar-refractivity contribution is 5.95. The predicted octanol–water partition coefficient (Wildman–Crippen LogP) is 2.79. The van der Waals surface area contributed by atoms with Crippen LogP contribution in [0.3, 0.4) is 0 Å². The molecule has 1 aromatic rings. The topological polar surface area (TPSA) is 41.6 Å². The first-order valence-electron chi connectivity index (χ1n) is 7.77. The molecule has 0 spiro atoms. The molecule has 0 atom stereocenters. The highest BCUT2D eigenvalue weighted by Crippen LogP contribution is 2.23. The number of anilines is 1. The molecule has 1 heterocycles. The first-order valence-corrected chi connectivity index (χ1v) is 7.77. The lowest BCUT2D eigenvalue weighted by molar-refractivity contribution is 0.0672. The third-order valence-corrected chi connectivity index (χ3v) is 3.73. The van der Waals surface area contributed by atoms with E-state index in [0.29, 0.717) is 19.1 Å². The fraction of sp³-hybridized carbons (Fsp3) is 0.588. The van der Waals surface area contributed by atoms with Gasteiger partial charge in [0.05, 0.1) is 6.61 Å². The molecule has 0 fully saturated rings. The van der Waals surface area contributed by atoms with Crippen molar-refractivity contribution in [1.82, 2.24) is 4.90 Å². The van der Waals surface area contributed by atoms with Crippen molar-refractivity contribution in [3.63, 3.8) is 0 Å². The number of ether oxygens (including phenoxy) is 1. The van der Waals surface area contributed by atoms with Crippen molar-refractivity contribution in [2.24, 2.45) is 5.92 Å². The Morgan fingerprint density at radius 2 is 2.24 bits per heavy atom. The summed E-state index contributed by atoms with van der Waals surface area (Å²) in [4.78, 5) is 14.6. The molecular weight excluding hydrogens is 264 g/mol. The molecule has 2 rings (SSSR count). The van der Waals surface area contributed by atoms with E-state index in [1.54, 1.807) is 7.11 Å². The van der Waals surface area contributed by atoms with Gasteiger partial charge >= 0.3 is 0 Å². The zero-order valence-corrected chi connectivity index (χ0v) is 13.3. The number of fused-ring (bicyclic) bond motifs is 1. The average Bonchev–Trinajstić information content (AvgIpc) is 2.50. The lowest BCUT2D eigenvalue weighted by atomic mass is 10.00. The Morgan fingerprint density at radius 1 is 1.43 bits per heavy atom. The van der Waals surface area contributed by atoms with Gasteiger partial charge in [0.15, 0.2) is 0 Å². The number of aryl methyl sites for hydroxylation is 1. The van der Waals surface area contributed by atoms with E-state index in [0.717, 1.165) is 31.5 Å². The van der Waals surface area contributed by atoms with Gasteiger partial charge in [-0.25, -0.2) is 0 Å². The Balaban J connectivity index is 2.15. The molecule has 0 aromatic heterocycles. The van der Waals surface area contributed by atoms with E-state index in [-0.39, 0.29) is 5.91 Å². The zero-order valence-electron chi connectivity index (χ0n) is 13.3. The summed E-state index contributed by atoms with van der Waals surface area (Å²) in [6.07, 6.45) is 2.18. The van der Waals surface area contributed by atoms with Crippen LogP contribution in [0.4, 0.5) is 5.69 Å². The summed E-state index contributed by atoms with van der Waals surface area (Å²) in [6, 6.07) is 6.01. The Bertz CT molecular complexity index is 486. The first-order chi connectivity index (χ1) is 10.1. The van der Waals surface area contributed by atoms with Crippen molar-refractivity contribution >= 4 is 11.6 Å². The minimum Gasteiger partial charge on any atom is -0.385 e. The molecule has 0 unspecified atom stereocenters. The van der Waals surface area contributed by atoms with Crippen molar-refractivity contribution in [1.29, 1.82) is 0 Å². The Morgan fingerprint density at radius 3 is 2.95 bits per heavy atom. The molecule has 4 heteroatoms. The van der Waals surface area contributed by atoms with Crippen molar-refractivity contribution in [3.05, 3.63) is 29.3 Å². The number of benzene rings is 1. The SMILES string of the molecule is COCCN(CC(C)C)C(=O)c1ccc2c(c1)CCCN2. The molecule has 21 heavy (non-hydrogen) atoms. The quantitative estimate of drug-likeness (QED) is 0.876. The van der Waals surface area contributed by atoms with Crippen LogP contribution in [0.5, 0.6) is 0 Å². The Kier molecular flexibility index (Phi) is 5.62. The maximum absolute atomic E-state index is 12.7. The monoisotopic (exact) mass is 290 g/mol. The van der Waals surface area contributed by atoms with Gasteiger partial charge in [-0.1, -0.05) is 13.8 Å². The minimum absolute atomic E-state index is 0.106. The lowest BCUT2D eigenvalue weighted by Gasteiger charge is -2.25. The van der Waals surface area contributed by atoms with Crippen LogP contribution in [0, 0.1) is 5.92 Å². The van der Waals surface area contributed by atoms with Gasteiger partial charge in [0, 0.05) is 38.0 Å². The number of methoxy groups -OCH3 is 1. The van der Waals surface area contributed by atoms with Crippen LogP contribution < -0.4 is 5.32 Å². The number of amides is 1. The molecule has 0 saturated heterocycles. The smallest absolute Gasteiger partial charge is 0.253 e. The average molecular weight is 290 g/mol. The van der Waals surface area contributed by atoms with Gasteiger partial charge in [-0.3, -0.25) is 4.79 Å². The number of hydrogen-bond donors (Lipinski definition) is 1. The van der Waals surface area contributed by atoms with Gasteiger partial charge in [0.1, 0.15) is 0 Å². The largest absolute Gasteiger partial charge is 0.385 e. The molecule has 0 radical (unpaired) electrons. The number of rotatable bonds is 6. The number of carbonyl (C=O) groups is 1. The molecule has 0 bridgehead atoms. The van der Waals surface area contributed by atoms with Gasteiger partial charge in [0.25, 0.3) is 5.91 Å². The van der Waals surface area contributed by atoms with E-state index in [1.165, 1.54) is 11.3 Å². The second kappa shape index (κ2) is 7.46. The van der Waals surface area contributed by atoms with Crippen molar-refractivity contribution in [2.45, 2.75) is 26.7 Å². The van der Waals surface area contributed by atoms with Crippen LogP contribution >= 0.6 is 0 Å².